The van der Waals surface area contributed by atoms with E-state index < -0.39 is 0 Å². The van der Waals surface area contributed by atoms with Gasteiger partial charge in [-0.1, -0.05) is 48.5 Å². The van der Waals surface area contributed by atoms with Gasteiger partial charge in [0.05, 0.1) is 4.91 Å². The fraction of sp³-hybridized carbons (Fsp3) is 0.100. The van der Waals surface area contributed by atoms with Crippen molar-refractivity contribution in [3.05, 3.63) is 65.1 Å². The number of nitrogens with zero attached hydrogens (tertiary/aromatic N) is 2. The van der Waals surface area contributed by atoms with Gasteiger partial charge in [-0.2, -0.15) is 0 Å². The molecule has 0 saturated carbocycles. The van der Waals surface area contributed by atoms with Crippen molar-refractivity contribution < 1.29 is 4.79 Å². The molecule has 0 unspecified atom stereocenters. The maximum absolute atomic E-state index is 12.5. The molecule has 0 aliphatic carbocycles. The molecule has 0 radical (unpaired) electrons. The third kappa shape index (κ3) is 2.31. The van der Waals surface area contributed by atoms with Gasteiger partial charge in [0.25, 0.3) is 5.91 Å². The molecular formula is C20H16N2OS. The number of hydrogen-bond donors (Lipinski definition) is 0. The lowest BCUT2D eigenvalue weighted by atomic mass is 9.96. The lowest BCUT2D eigenvalue weighted by molar-refractivity contribution is -0.121. The van der Waals surface area contributed by atoms with E-state index in [9.17, 15) is 4.79 Å². The van der Waals surface area contributed by atoms with Crippen LogP contribution in [0.25, 0.3) is 27.6 Å². The van der Waals surface area contributed by atoms with Crippen molar-refractivity contribution in [1.29, 1.82) is 0 Å². The quantitative estimate of drug-likeness (QED) is 0.485. The lowest BCUT2D eigenvalue weighted by Crippen LogP contribution is -2.23. The van der Waals surface area contributed by atoms with Crippen LogP contribution in [0.5, 0.6) is 0 Å². The third-order valence-electron chi connectivity index (χ3n) is 4.28. The van der Waals surface area contributed by atoms with Crippen LogP contribution in [0, 0.1) is 0 Å². The molecule has 1 heterocycles. The zero-order valence-electron chi connectivity index (χ0n) is 13.5. The Morgan fingerprint density at radius 3 is 2.12 bits per heavy atom. The Kier molecular flexibility index (Phi) is 3.62. The van der Waals surface area contributed by atoms with Crippen LogP contribution < -0.4 is 0 Å². The van der Waals surface area contributed by atoms with Crippen molar-refractivity contribution in [2.75, 3.05) is 14.1 Å². The molecule has 4 heteroatoms. The molecule has 0 spiro atoms. The number of amides is 1. The largest absolute Gasteiger partial charge is 0.290 e. The summed E-state index contributed by atoms with van der Waals surface area (Å²) >= 11 is 1.43. The minimum atomic E-state index is -0.00221. The minimum Gasteiger partial charge on any atom is -0.290 e. The maximum Gasteiger partial charge on any atom is 0.266 e. The number of rotatable bonds is 1. The topological polar surface area (TPSA) is 32.7 Å². The number of hydrogen-bond acceptors (Lipinski definition) is 3. The molecule has 3 aromatic carbocycles. The molecule has 24 heavy (non-hydrogen) atoms. The molecule has 118 valence electrons. The average molecular weight is 332 g/mol. The van der Waals surface area contributed by atoms with Crippen molar-refractivity contribution in [2.45, 2.75) is 0 Å². The molecule has 0 atom stereocenters. The van der Waals surface area contributed by atoms with Gasteiger partial charge >= 0.3 is 0 Å². The molecule has 0 bridgehead atoms. The van der Waals surface area contributed by atoms with Gasteiger partial charge in [0.15, 0.2) is 5.17 Å². The van der Waals surface area contributed by atoms with E-state index in [0.717, 1.165) is 21.5 Å². The monoisotopic (exact) mass is 332 g/mol. The summed E-state index contributed by atoms with van der Waals surface area (Å²) in [4.78, 5) is 19.0. The summed E-state index contributed by atoms with van der Waals surface area (Å²) in [6, 6.07) is 18.8. The fourth-order valence-corrected chi connectivity index (χ4v) is 3.99. The molecule has 0 aromatic heterocycles. The second-order valence-corrected chi connectivity index (χ2v) is 6.72. The van der Waals surface area contributed by atoms with Crippen LogP contribution in [-0.4, -0.2) is 30.1 Å². The molecule has 1 saturated heterocycles. The highest BCUT2D eigenvalue weighted by Crippen LogP contribution is 2.35. The van der Waals surface area contributed by atoms with Crippen LogP contribution in [0.1, 0.15) is 5.56 Å². The highest BCUT2D eigenvalue weighted by Gasteiger charge is 2.30. The van der Waals surface area contributed by atoms with Gasteiger partial charge < -0.3 is 0 Å². The molecule has 3 aromatic rings. The van der Waals surface area contributed by atoms with E-state index in [1.54, 1.807) is 19.0 Å². The molecule has 4 rings (SSSR count). The summed E-state index contributed by atoms with van der Waals surface area (Å²) < 4.78 is 0. The van der Waals surface area contributed by atoms with Crippen molar-refractivity contribution >= 4 is 50.5 Å². The van der Waals surface area contributed by atoms with Crippen molar-refractivity contribution in [1.82, 2.24) is 4.90 Å². The van der Waals surface area contributed by atoms with Crippen LogP contribution in [0.15, 0.2) is 64.5 Å². The number of likely N-dealkylation sites (N-methyl/N-ethyl adjacent to an activating group) is 1. The molecule has 1 fully saturated rings. The van der Waals surface area contributed by atoms with Crippen LogP contribution >= 0.6 is 11.8 Å². The number of thioether (sulfide) groups is 1. The summed E-state index contributed by atoms with van der Waals surface area (Å²) in [5.41, 5.74) is 1.09. The molecular weight excluding hydrogens is 316 g/mol. The highest BCUT2D eigenvalue weighted by molar-refractivity contribution is 8.18. The Hall–Kier alpha value is -2.59. The Bertz CT molecular complexity index is 982. The first-order valence-electron chi connectivity index (χ1n) is 7.74. The fourth-order valence-electron chi connectivity index (χ4n) is 3.08. The zero-order valence-corrected chi connectivity index (χ0v) is 14.3. The SMILES string of the molecule is CN=C1SC(=Cc2c3ccccc3cc3ccccc23)C(=O)N1C. The average Bonchev–Trinajstić information content (AvgIpc) is 2.89. The number of aliphatic imine (C=N–C) groups is 1. The van der Waals surface area contributed by atoms with Crippen molar-refractivity contribution in [2.24, 2.45) is 4.99 Å². The number of carbonyl (C=O) groups excluding carboxylic acids is 1. The molecule has 1 aliphatic rings. The Balaban J connectivity index is 2.01. The Morgan fingerprint density at radius 1 is 1.00 bits per heavy atom. The first-order valence-corrected chi connectivity index (χ1v) is 8.55. The first-order chi connectivity index (χ1) is 11.7. The first kappa shape index (κ1) is 15.0. The summed E-state index contributed by atoms with van der Waals surface area (Å²) in [5.74, 6) is -0.00221. The van der Waals surface area contributed by atoms with Gasteiger partial charge in [0, 0.05) is 14.1 Å². The molecule has 1 amide bonds. The number of fused-ring (bicyclic) bond motifs is 2. The van der Waals surface area contributed by atoms with E-state index >= 15 is 0 Å². The number of amidine groups is 1. The van der Waals surface area contributed by atoms with Crippen LogP contribution in [0.4, 0.5) is 0 Å². The van der Waals surface area contributed by atoms with Gasteiger partial charge in [0.2, 0.25) is 0 Å². The Morgan fingerprint density at radius 2 is 1.58 bits per heavy atom. The van der Waals surface area contributed by atoms with Crippen LogP contribution in [0.2, 0.25) is 0 Å². The predicted octanol–water partition coefficient (Wildman–Crippen LogP) is 4.52. The predicted molar refractivity (Wildman–Crippen MR) is 103 cm³/mol. The molecule has 3 nitrogen and oxygen atoms in total. The van der Waals surface area contributed by atoms with Gasteiger partial charge in [-0.3, -0.25) is 14.7 Å². The second kappa shape index (κ2) is 5.80. The van der Waals surface area contributed by atoms with E-state index in [4.69, 9.17) is 0 Å². The lowest BCUT2D eigenvalue weighted by Gasteiger charge is -2.09. The van der Waals surface area contributed by atoms with E-state index in [0.29, 0.717) is 4.91 Å². The normalized spacial score (nSPS) is 18.4. The standard InChI is InChI=1S/C20H16N2OS/c1-21-20-22(2)19(23)18(24-20)12-17-15-9-5-3-7-13(15)11-14-8-4-6-10-16(14)17/h3-12H,1-2H3. The summed E-state index contributed by atoms with van der Waals surface area (Å²) in [6.45, 7) is 0. The molecule has 1 aliphatic heterocycles. The minimum absolute atomic E-state index is 0.00221. The van der Waals surface area contributed by atoms with E-state index in [1.807, 2.05) is 30.3 Å². The Labute approximate surface area is 144 Å². The van der Waals surface area contributed by atoms with E-state index in [1.165, 1.54) is 22.5 Å². The van der Waals surface area contributed by atoms with Gasteiger partial charge in [-0.15, -0.1) is 0 Å². The molecule has 0 N–H and O–H groups in total. The smallest absolute Gasteiger partial charge is 0.266 e. The third-order valence-corrected chi connectivity index (χ3v) is 5.43. The van der Waals surface area contributed by atoms with Crippen LogP contribution in [-0.2, 0) is 4.79 Å². The van der Waals surface area contributed by atoms with Gasteiger partial charge in [-0.25, -0.2) is 0 Å². The maximum atomic E-state index is 12.5. The van der Waals surface area contributed by atoms with Gasteiger partial charge in [0.1, 0.15) is 0 Å². The zero-order chi connectivity index (χ0) is 16.7. The highest BCUT2D eigenvalue weighted by atomic mass is 32.2. The number of carbonyl (C=O) groups is 1. The van der Waals surface area contributed by atoms with E-state index in [-0.39, 0.29) is 5.91 Å². The summed E-state index contributed by atoms with van der Waals surface area (Å²) in [5, 5.41) is 5.39. The summed E-state index contributed by atoms with van der Waals surface area (Å²) in [7, 11) is 3.47. The van der Waals surface area contributed by atoms with Crippen molar-refractivity contribution in [3.8, 4) is 0 Å². The van der Waals surface area contributed by atoms with Gasteiger partial charge in [-0.05, 0) is 51.0 Å². The van der Waals surface area contributed by atoms with Crippen LogP contribution in [0.3, 0.4) is 0 Å². The number of benzene rings is 3. The van der Waals surface area contributed by atoms with Crippen molar-refractivity contribution in [3.63, 3.8) is 0 Å². The second-order valence-electron chi connectivity index (χ2n) is 5.71. The summed E-state index contributed by atoms with van der Waals surface area (Å²) in [6.07, 6.45) is 2.01. The van der Waals surface area contributed by atoms with E-state index in [2.05, 4.69) is 35.3 Å².